The highest BCUT2D eigenvalue weighted by atomic mass is 31.2. The van der Waals surface area contributed by atoms with Crippen molar-refractivity contribution in [2.75, 3.05) is 39.6 Å². The minimum Gasteiger partial charge on any atom is -0.462 e. The molecular formula is C71H134O17P2. The van der Waals surface area contributed by atoms with Gasteiger partial charge in [0, 0.05) is 25.7 Å². The molecule has 0 aliphatic heterocycles. The summed E-state index contributed by atoms with van der Waals surface area (Å²) in [6, 6.07) is 0. The van der Waals surface area contributed by atoms with Gasteiger partial charge in [-0.25, -0.2) is 9.13 Å². The third-order valence-corrected chi connectivity index (χ3v) is 17.8. The van der Waals surface area contributed by atoms with E-state index in [9.17, 15) is 43.2 Å². The largest absolute Gasteiger partial charge is 0.472 e. The maximum absolute atomic E-state index is 13.0. The Kier molecular flexibility index (Phi) is 62.2. The van der Waals surface area contributed by atoms with E-state index in [1.165, 1.54) is 135 Å². The molecule has 0 spiro atoms. The lowest BCUT2D eigenvalue weighted by Crippen LogP contribution is -2.30. The lowest BCUT2D eigenvalue weighted by molar-refractivity contribution is -0.161. The van der Waals surface area contributed by atoms with Crippen LogP contribution in [-0.4, -0.2) is 96.7 Å². The second kappa shape index (κ2) is 63.9. The number of phosphoric acid groups is 2. The minimum atomic E-state index is -4.96. The van der Waals surface area contributed by atoms with Crippen LogP contribution in [0.5, 0.6) is 0 Å². The van der Waals surface area contributed by atoms with Crippen molar-refractivity contribution in [2.24, 2.45) is 5.92 Å². The van der Waals surface area contributed by atoms with Gasteiger partial charge in [-0.05, 0) is 57.3 Å². The van der Waals surface area contributed by atoms with E-state index in [0.717, 1.165) is 128 Å². The van der Waals surface area contributed by atoms with Crippen LogP contribution in [-0.2, 0) is 65.4 Å². The highest BCUT2D eigenvalue weighted by Gasteiger charge is 2.30. The SMILES string of the molecule is CCCCCC/C=C\C=C/CCCCCCCC(=O)OC[C@H](COP(=O)(O)OC[C@@H](O)COP(=O)(O)OC[C@@H](COC(=O)CCCCCCCCC)OC(=O)CCCCCCCCCCCCC)OC(=O)CCCCCCCCCCCCCCCCC(C)C. The van der Waals surface area contributed by atoms with Crippen molar-refractivity contribution in [3.05, 3.63) is 24.3 Å². The average Bonchev–Trinajstić information content (AvgIpc) is 3.73. The van der Waals surface area contributed by atoms with Gasteiger partial charge in [0.25, 0.3) is 0 Å². The summed E-state index contributed by atoms with van der Waals surface area (Å²) in [5.41, 5.74) is 0. The van der Waals surface area contributed by atoms with Crippen molar-refractivity contribution >= 4 is 39.5 Å². The number of ether oxygens (including phenoxy) is 4. The lowest BCUT2D eigenvalue weighted by Gasteiger charge is -2.21. The number of hydrogen-bond donors (Lipinski definition) is 3. The number of carbonyl (C=O) groups excluding carboxylic acids is 4. The van der Waals surface area contributed by atoms with Gasteiger partial charge in [-0.3, -0.25) is 37.3 Å². The number of esters is 4. The number of allylic oxidation sites excluding steroid dienone is 4. The topological polar surface area (TPSA) is 237 Å². The fraction of sp³-hybridized carbons (Fsp3) is 0.887. The van der Waals surface area contributed by atoms with Gasteiger partial charge in [-0.15, -0.1) is 0 Å². The van der Waals surface area contributed by atoms with Gasteiger partial charge in [-0.2, -0.15) is 0 Å². The molecule has 5 atom stereocenters. The predicted octanol–water partition coefficient (Wildman–Crippen LogP) is 20.1. The molecule has 0 saturated carbocycles. The third-order valence-electron chi connectivity index (χ3n) is 15.9. The molecule has 0 saturated heterocycles. The Balaban J connectivity index is 5.24. The average molecular weight is 1320 g/mol. The zero-order valence-corrected chi connectivity index (χ0v) is 59.5. The molecule has 0 aliphatic carbocycles. The molecule has 530 valence electrons. The molecule has 0 aromatic rings. The van der Waals surface area contributed by atoms with Crippen LogP contribution in [0.3, 0.4) is 0 Å². The fourth-order valence-corrected chi connectivity index (χ4v) is 11.9. The summed E-state index contributed by atoms with van der Waals surface area (Å²) in [4.78, 5) is 72.4. The van der Waals surface area contributed by atoms with Crippen LogP contribution in [0.25, 0.3) is 0 Å². The quantitative estimate of drug-likeness (QED) is 0.0169. The first-order valence-electron chi connectivity index (χ1n) is 36.5. The van der Waals surface area contributed by atoms with Crippen molar-refractivity contribution in [1.82, 2.24) is 0 Å². The first kappa shape index (κ1) is 87.5. The van der Waals surface area contributed by atoms with Crippen LogP contribution in [0.4, 0.5) is 0 Å². The van der Waals surface area contributed by atoms with Crippen LogP contribution in [0.2, 0.25) is 0 Å². The molecule has 3 N–H and O–H groups in total. The molecule has 0 amide bonds. The van der Waals surface area contributed by atoms with Gasteiger partial charge in [0.15, 0.2) is 12.2 Å². The molecule has 0 heterocycles. The normalized spacial score (nSPS) is 14.2. The molecule has 0 aliphatic rings. The summed E-state index contributed by atoms with van der Waals surface area (Å²) in [7, 11) is -9.91. The summed E-state index contributed by atoms with van der Waals surface area (Å²) in [5.74, 6) is -1.36. The summed E-state index contributed by atoms with van der Waals surface area (Å²) < 4.78 is 68.2. The number of aliphatic hydroxyl groups is 1. The second-order valence-electron chi connectivity index (χ2n) is 25.4. The van der Waals surface area contributed by atoms with Crippen molar-refractivity contribution in [1.29, 1.82) is 0 Å². The predicted molar refractivity (Wildman–Crippen MR) is 363 cm³/mol. The molecular weight excluding hydrogens is 1190 g/mol. The van der Waals surface area contributed by atoms with Gasteiger partial charge in [0.2, 0.25) is 0 Å². The molecule has 0 bridgehead atoms. The second-order valence-corrected chi connectivity index (χ2v) is 28.3. The molecule has 0 aromatic carbocycles. The van der Waals surface area contributed by atoms with Crippen LogP contribution in [0.15, 0.2) is 24.3 Å². The Morgan fingerprint density at radius 3 is 0.911 bits per heavy atom. The highest BCUT2D eigenvalue weighted by molar-refractivity contribution is 7.47. The first-order chi connectivity index (χ1) is 43.5. The van der Waals surface area contributed by atoms with Crippen LogP contribution < -0.4 is 0 Å². The summed E-state index contributed by atoms with van der Waals surface area (Å²) in [6.45, 7) is 7.16. The van der Waals surface area contributed by atoms with Gasteiger partial charge in [0.05, 0.1) is 26.4 Å². The van der Waals surface area contributed by atoms with E-state index in [1.54, 1.807) is 0 Å². The maximum atomic E-state index is 13.0. The smallest absolute Gasteiger partial charge is 0.462 e. The number of unbranched alkanes of at least 4 members (excludes halogenated alkanes) is 38. The Bertz CT molecular complexity index is 1830. The van der Waals surface area contributed by atoms with E-state index in [1.807, 2.05) is 0 Å². The van der Waals surface area contributed by atoms with E-state index in [4.69, 9.17) is 37.0 Å². The zero-order chi connectivity index (χ0) is 66.3. The third kappa shape index (κ3) is 64.3. The zero-order valence-electron chi connectivity index (χ0n) is 57.8. The van der Waals surface area contributed by atoms with Gasteiger partial charge >= 0.3 is 39.5 Å². The van der Waals surface area contributed by atoms with Crippen LogP contribution >= 0.6 is 15.6 Å². The number of rotatable bonds is 69. The molecule has 17 nitrogen and oxygen atoms in total. The molecule has 0 fully saturated rings. The number of carbonyl (C=O) groups is 4. The lowest BCUT2D eigenvalue weighted by atomic mass is 10.0. The number of aliphatic hydroxyl groups excluding tert-OH is 1. The minimum absolute atomic E-state index is 0.101. The first-order valence-corrected chi connectivity index (χ1v) is 39.4. The van der Waals surface area contributed by atoms with Crippen LogP contribution in [0.1, 0.15) is 343 Å². The fourth-order valence-electron chi connectivity index (χ4n) is 10.3. The van der Waals surface area contributed by atoms with E-state index < -0.39 is 97.5 Å². The number of phosphoric ester groups is 2. The Morgan fingerprint density at radius 2 is 0.600 bits per heavy atom. The standard InChI is InChI=1S/C71H134O17P2/c1-6-9-12-15-18-20-22-23-24-28-32-35-40-45-50-55-69(74)82-61-67(88-71(76)57-52-47-42-37-33-29-26-25-27-31-34-39-43-48-53-64(4)5)63-86-90(79,80)84-59-65(72)58-83-89(77,78)85-62-66(60-81-68(73)54-49-44-38-17-14-11-8-3)87-70(75)56-51-46-41-36-30-21-19-16-13-10-7-2/h20,22-24,64-67,72H,6-19,21,25-63H2,1-5H3,(H,77,78)(H,79,80)/b22-20-,24-23-/t65-,66+,67+/m0/s1. The van der Waals surface area contributed by atoms with E-state index >= 15 is 0 Å². The Labute approximate surface area is 548 Å². The number of hydrogen-bond acceptors (Lipinski definition) is 15. The molecule has 19 heteroatoms. The highest BCUT2D eigenvalue weighted by Crippen LogP contribution is 2.45. The van der Waals surface area contributed by atoms with Crippen molar-refractivity contribution in [2.45, 2.75) is 361 Å². The summed E-state index contributed by atoms with van der Waals surface area (Å²) >= 11 is 0. The summed E-state index contributed by atoms with van der Waals surface area (Å²) in [5, 5.41) is 10.6. The van der Waals surface area contributed by atoms with Gasteiger partial charge in [0.1, 0.15) is 19.3 Å². The van der Waals surface area contributed by atoms with Gasteiger partial charge < -0.3 is 33.8 Å². The van der Waals surface area contributed by atoms with E-state index in [0.29, 0.717) is 25.7 Å². The van der Waals surface area contributed by atoms with Crippen molar-refractivity contribution in [3.8, 4) is 0 Å². The van der Waals surface area contributed by atoms with E-state index in [-0.39, 0.29) is 25.7 Å². The molecule has 0 rings (SSSR count). The summed E-state index contributed by atoms with van der Waals surface area (Å²) in [6.07, 6.45) is 53.6. The van der Waals surface area contributed by atoms with Crippen molar-refractivity contribution < 1.29 is 80.2 Å². The molecule has 0 radical (unpaired) electrons. The van der Waals surface area contributed by atoms with Crippen molar-refractivity contribution in [3.63, 3.8) is 0 Å². The molecule has 2 unspecified atom stereocenters. The van der Waals surface area contributed by atoms with Crippen LogP contribution in [0, 0.1) is 5.92 Å². The monoisotopic (exact) mass is 1320 g/mol. The molecule has 0 aromatic heterocycles. The molecule has 90 heavy (non-hydrogen) atoms. The Morgan fingerprint density at radius 1 is 0.344 bits per heavy atom. The van der Waals surface area contributed by atoms with Gasteiger partial charge in [-0.1, -0.05) is 290 Å². The Hall–Kier alpha value is -2.46. The van der Waals surface area contributed by atoms with E-state index in [2.05, 4.69) is 58.9 Å². The maximum Gasteiger partial charge on any atom is 0.472 e.